The van der Waals surface area contributed by atoms with Crippen molar-refractivity contribution in [2.75, 3.05) is 0 Å². The van der Waals surface area contributed by atoms with E-state index in [2.05, 4.69) is 21.0 Å². The van der Waals surface area contributed by atoms with Crippen LogP contribution in [0.1, 0.15) is 15.9 Å². The van der Waals surface area contributed by atoms with Gasteiger partial charge in [-0.3, -0.25) is 4.79 Å². The summed E-state index contributed by atoms with van der Waals surface area (Å²) < 4.78 is 15.5. The summed E-state index contributed by atoms with van der Waals surface area (Å²) in [5.74, 6) is -0.722. The summed E-state index contributed by atoms with van der Waals surface area (Å²) in [5, 5.41) is 4.17. The number of para-hydroxylation sites is 1. The highest BCUT2D eigenvalue weighted by atomic mass is 79.9. The molecule has 0 radical (unpaired) electrons. The minimum absolute atomic E-state index is 0.266. The number of benzene rings is 2. The maximum absolute atomic E-state index is 13.4. The summed E-state index contributed by atoms with van der Waals surface area (Å²) in [6.45, 7) is 0. The molecule has 0 aliphatic rings. The molecule has 0 atom stereocenters. The lowest BCUT2D eigenvalue weighted by Gasteiger charge is -2.01. The first kappa shape index (κ1) is 13.7. The number of carbonyl (C=O) groups excluding carboxylic acids is 1. The van der Waals surface area contributed by atoms with E-state index in [9.17, 15) is 9.18 Å². The van der Waals surface area contributed by atoms with Crippen molar-refractivity contribution in [3.05, 3.63) is 82.3 Å². The predicted octanol–water partition coefficient (Wildman–Crippen LogP) is 4.00. The molecule has 3 rings (SSSR count). The molecule has 0 bridgehead atoms. The Morgan fingerprint density at radius 3 is 2.57 bits per heavy atom. The van der Waals surface area contributed by atoms with Gasteiger partial charge in [-0.2, -0.15) is 5.10 Å². The Kier molecular flexibility index (Phi) is 3.66. The average molecular weight is 345 g/mol. The second-order valence-electron chi connectivity index (χ2n) is 4.50. The van der Waals surface area contributed by atoms with Gasteiger partial charge in [-0.25, -0.2) is 9.07 Å². The third kappa shape index (κ3) is 2.92. The van der Waals surface area contributed by atoms with E-state index in [1.807, 2.05) is 30.3 Å². The Balaban J connectivity index is 1.94. The largest absolute Gasteiger partial charge is 0.288 e. The van der Waals surface area contributed by atoms with Crippen molar-refractivity contribution in [1.29, 1.82) is 0 Å². The molecule has 0 N–H and O–H groups in total. The molecular weight excluding hydrogens is 335 g/mol. The monoisotopic (exact) mass is 344 g/mol. The van der Waals surface area contributed by atoms with E-state index in [-0.39, 0.29) is 11.3 Å². The molecule has 0 fully saturated rings. The zero-order chi connectivity index (χ0) is 14.8. The van der Waals surface area contributed by atoms with Gasteiger partial charge in [0, 0.05) is 16.2 Å². The highest BCUT2D eigenvalue weighted by Gasteiger charge is 2.13. The number of nitrogens with zero attached hydrogens (tertiary/aromatic N) is 2. The van der Waals surface area contributed by atoms with Gasteiger partial charge in [0.2, 0.25) is 0 Å². The zero-order valence-corrected chi connectivity index (χ0v) is 12.4. The van der Waals surface area contributed by atoms with Crippen LogP contribution in [0.4, 0.5) is 4.39 Å². The second kappa shape index (κ2) is 5.61. The normalized spacial score (nSPS) is 10.6. The topological polar surface area (TPSA) is 34.9 Å². The second-order valence-corrected chi connectivity index (χ2v) is 5.41. The number of hydrogen-bond donors (Lipinski definition) is 0. The van der Waals surface area contributed by atoms with Crippen LogP contribution < -0.4 is 0 Å². The van der Waals surface area contributed by atoms with E-state index in [1.54, 1.807) is 16.9 Å². The Labute approximate surface area is 129 Å². The van der Waals surface area contributed by atoms with Crippen LogP contribution in [0.15, 0.2) is 65.4 Å². The van der Waals surface area contributed by atoms with Gasteiger partial charge in [0.15, 0.2) is 5.78 Å². The Morgan fingerprint density at radius 1 is 1.10 bits per heavy atom. The third-order valence-electron chi connectivity index (χ3n) is 2.99. The molecule has 1 heterocycles. The predicted molar refractivity (Wildman–Crippen MR) is 81.1 cm³/mol. The molecule has 0 spiro atoms. The van der Waals surface area contributed by atoms with Crippen molar-refractivity contribution < 1.29 is 9.18 Å². The van der Waals surface area contributed by atoms with Gasteiger partial charge in [0.05, 0.1) is 17.4 Å². The lowest BCUT2D eigenvalue weighted by atomic mass is 10.1. The fraction of sp³-hybridized carbons (Fsp3) is 0. The first-order valence-corrected chi connectivity index (χ1v) is 7.04. The van der Waals surface area contributed by atoms with Crippen LogP contribution >= 0.6 is 15.9 Å². The fourth-order valence-corrected chi connectivity index (χ4v) is 2.48. The van der Waals surface area contributed by atoms with Crippen molar-refractivity contribution in [2.45, 2.75) is 0 Å². The van der Waals surface area contributed by atoms with Crippen LogP contribution in [0, 0.1) is 5.82 Å². The van der Waals surface area contributed by atoms with E-state index in [0.29, 0.717) is 10.0 Å². The lowest BCUT2D eigenvalue weighted by molar-refractivity contribution is 0.103. The quantitative estimate of drug-likeness (QED) is 0.673. The molecule has 1 aromatic heterocycles. The summed E-state index contributed by atoms with van der Waals surface area (Å²) in [6, 6.07) is 13.6. The van der Waals surface area contributed by atoms with Crippen LogP contribution in [0.5, 0.6) is 0 Å². The maximum atomic E-state index is 13.4. The Bertz CT molecular complexity index is 779. The SMILES string of the molecule is O=C(c1cc(F)cc(Br)c1)c1cnn(-c2ccccc2)c1. The summed E-state index contributed by atoms with van der Waals surface area (Å²) >= 11 is 3.18. The smallest absolute Gasteiger partial charge is 0.196 e. The van der Waals surface area contributed by atoms with Gasteiger partial charge in [-0.15, -0.1) is 0 Å². The number of halogens is 2. The highest BCUT2D eigenvalue weighted by molar-refractivity contribution is 9.10. The van der Waals surface area contributed by atoms with Gasteiger partial charge in [-0.1, -0.05) is 34.1 Å². The lowest BCUT2D eigenvalue weighted by Crippen LogP contribution is -2.01. The minimum atomic E-state index is -0.455. The van der Waals surface area contributed by atoms with Gasteiger partial charge in [0.1, 0.15) is 5.82 Å². The van der Waals surface area contributed by atoms with Gasteiger partial charge in [-0.05, 0) is 30.3 Å². The zero-order valence-electron chi connectivity index (χ0n) is 10.8. The molecule has 5 heteroatoms. The molecule has 0 aliphatic carbocycles. The third-order valence-corrected chi connectivity index (χ3v) is 3.45. The maximum Gasteiger partial charge on any atom is 0.196 e. The molecule has 0 saturated carbocycles. The van der Waals surface area contributed by atoms with Crippen molar-refractivity contribution in [2.24, 2.45) is 0 Å². The van der Waals surface area contributed by atoms with Crippen molar-refractivity contribution >= 4 is 21.7 Å². The van der Waals surface area contributed by atoms with Gasteiger partial charge in [0.25, 0.3) is 0 Å². The number of carbonyl (C=O) groups is 1. The van der Waals surface area contributed by atoms with E-state index < -0.39 is 5.82 Å². The standard InChI is InChI=1S/C16H10BrFN2O/c17-13-6-11(7-14(18)8-13)16(21)12-9-19-20(10-12)15-4-2-1-3-5-15/h1-10H. The van der Waals surface area contributed by atoms with Crippen molar-refractivity contribution in [1.82, 2.24) is 9.78 Å². The Morgan fingerprint density at radius 2 is 1.86 bits per heavy atom. The molecule has 3 nitrogen and oxygen atoms in total. The molecule has 0 unspecified atom stereocenters. The van der Waals surface area contributed by atoms with Crippen molar-refractivity contribution in [3.8, 4) is 5.69 Å². The number of aromatic nitrogens is 2. The van der Waals surface area contributed by atoms with E-state index in [4.69, 9.17) is 0 Å². The molecule has 21 heavy (non-hydrogen) atoms. The summed E-state index contributed by atoms with van der Waals surface area (Å²) in [6.07, 6.45) is 3.12. The molecule has 0 amide bonds. The van der Waals surface area contributed by atoms with Crippen LogP contribution in [-0.4, -0.2) is 15.6 Å². The summed E-state index contributed by atoms with van der Waals surface area (Å²) in [7, 11) is 0. The molecule has 2 aromatic carbocycles. The van der Waals surface area contributed by atoms with Crippen LogP contribution in [0.25, 0.3) is 5.69 Å². The van der Waals surface area contributed by atoms with E-state index >= 15 is 0 Å². The number of hydrogen-bond acceptors (Lipinski definition) is 2. The van der Waals surface area contributed by atoms with Gasteiger partial charge < -0.3 is 0 Å². The van der Waals surface area contributed by atoms with Crippen LogP contribution in [-0.2, 0) is 0 Å². The van der Waals surface area contributed by atoms with E-state index in [1.165, 1.54) is 18.3 Å². The van der Waals surface area contributed by atoms with E-state index in [0.717, 1.165) is 5.69 Å². The van der Waals surface area contributed by atoms with Crippen molar-refractivity contribution in [3.63, 3.8) is 0 Å². The highest BCUT2D eigenvalue weighted by Crippen LogP contribution is 2.18. The average Bonchev–Trinajstić information content (AvgIpc) is 2.96. The number of ketones is 1. The summed E-state index contributed by atoms with van der Waals surface area (Å²) in [4.78, 5) is 12.4. The number of rotatable bonds is 3. The first-order chi connectivity index (χ1) is 10.1. The Hall–Kier alpha value is -2.27. The molecule has 104 valence electrons. The van der Waals surface area contributed by atoms with Crippen LogP contribution in [0.3, 0.4) is 0 Å². The minimum Gasteiger partial charge on any atom is -0.288 e. The first-order valence-electron chi connectivity index (χ1n) is 6.24. The van der Waals surface area contributed by atoms with Gasteiger partial charge >= 0.3 is 0 Å². The molecular formula is C16H10BrFN2O. The summed E-state index contributed by atoms with van der Waals surface area (Å²) in [5.41, 5.74) is 1.56. The fourth-order valence-electron chi connectivity index (χ4n) is 2.01. The van der Waals surface area contributed by atoms with Crippen LogP contribution in [0.2, 0.25) is 0 Å². The molecule has 0 saturated heterocycles. The molecule has 0 aliphatic heterocycles. The molecule has 3 aromatic rings.